The highest BCUT2D eigenvalue weighted by atomic mass is 16.5. The number of rotatable bonds is 3. The number of carbonyl (C=O) groups is 1. The van der Waals surface area contributed by atoms with Gasteiger partial charge in [0.1, 0.15) is 12.0 Å². The van der Waals surface area contributed by atoms with Crippen molar-refractivity contribution in [2.45, 2.75) is 31.3 Å². The number of carbonyl (C=O) groups excluding carboxylic acids is 1. The standard InChI is InChI=1S/C14H15NO2/c15-10-12(11-6-2-1-3-7-11)14(16)13-8-4-5-9-17-13/h1-3,6-7,12-13H,4-5,8-9H2. The van der Waals surface area contributed by atoms with Crippen LogP contribution in [0.4, 0.5) is 0 Å². The molecule has 1 aliphatic rings. The highest BCUT2D eigenvalue weighted by molar-refractivity contribution is 5.92. The van der Waals surface area contributed by atoms with Crippen LogP contribution in [0, 0.1) is 11.3 Å². The molecule has 0 radical (unpaired) electrons. The number of ether oxygens (including phenoxy) is 1. The summed E-state index contributed by atoms with van der Waals surface area (Å²) in [5.41, 5.74) is 0.758. The SMILES string of the molecule is N#CC(C(=O)C1CCCCO1)c1ccccc1. The Balaban J connectivity index is 2.13. The maximum Gasteiger partial charge on any atom is 0.183 e. The quantitative estimate of drug-likeness (QED) is 0.799. The van der Waals surface area contributed by atoms with Crippen LogP contribution >= 0.6 is 0 Å². The molecule has 0 spiro atoms. The fourth-order valence-electron chi connectivity index (χ4n) is 2.10. The number of nitriles is 1. The Bertz CT molecular complexity index is 416. The molecule has 88 valence electrons. The first-order valence-corrected chi connectivity index (χ1v) is 5.93. The van der Waals surface area contributed by atoms with E-state index in [0.717, 1.165) is 24.8 Å². The number of Topliss-reactive ketones (excluding diaryl/α,β-unsaturated/α-hetero) is 1. The Labute approximate surface area is 101 Å². The van der Waals surface area contributed by atoms with E-state index in [-0.39, 0.29) is 5.78 Å². The van der Waals surface area contributed by atoms with Crippen molar-refractivity contribution in [1.29, 1.82) is 5.26 Å². The zero-order valence-corrected chi connectivity index (χ0v) is 9.63. The van der Waals surface area contributed by atoms with Crippen LogP contribution in [-0.2, 0) is 9.53 Å². The van der Waals surface area contributed by atoms with Gasteiger partial charge in [-0.1, -0.05) is 30.3 Å². The van der Waals surface area contributed by atoms with Gasteiger partial charge in [-0.3, -0.25) is 4.79 Å². The maximum atomic E-state index is 12.2. The topological polar surface area (TPSA) is 50.1 Å². The molecule has 1 aromatic carbocycles. The zero-order valence-electron chi connectivity index (χ0n) is 9.63. The molecule has 1 saturated heterocycles. The van der Waals surface area contributed by atoms with Crippen LogP contribution in [0.2, 0.25) is 0 Å². The normalized spacial score (nSPS) is 21.5. The van der Waals surface area contributed by atoms with E-state index in [9.17, 15) is 4.79 Å². The number of benzene rings is 1. The van der Waals surface area contributed by atoms with Crippen molar-refractivity contribution in [3.8, 4) is 6.07 Å². The van der Waals surface area contributed by atoms with Crippen LogP contribution < -0.4 is 0 Å². The molecule has 1 heterocycles. The molecule has 0 aliphatic carbocycles. The average Bonchev–Trinajstić information content (AvgIpc) is 2.42. The Hall–Kier alpha value is -1.66. The largest absolute Gasteiger partial charge is 0.370 e. The summed E-state index contributed by atoms with van der Waals surface area (Å²) in [5, 5.41) is 9.15. The molecule has 0 aromatic heterocycles. The second-order valence-electron chi connectivity index (χ2n) is 4.23. The van der Waals surface area contributed by atoms with Gasteiger partial charge in [-0.05, 0) is 24.8 Å². The van der Waals surface area contributed by atoms with E-state index in [1.807, 2.05) is 30.3 Å². The summed E-state index contributed by atoms with van der Waals surface area (Å²) in [4.78, 5) is 12.2. The molecule has 3 heteroatoms. The minimum absolute atomic E-state index is 0.0987. The van der Waals surface area contributed by atoms with Gasteiger partial charge in [0.15, 0.2) is 5.78 Å². The van der Waals surface area contributed by atoms with Gasteiger partial charge in [-0.15, -0.1) is 0 Å². The second-order valence-corrected chi connectivity index (χ2v) is 4.23. The number of ketones is 1. The third-order valence-electron chi connectivity index (χ3n) is 3.04. The summed E-state index contributed by atoms with van der Waals surface area (Å²) in [6.07, 6.45) is 2.35. The monoisotopic (exact) mass is 229 g/mol. The van der Waals surface area contributed by atoms with Gasteiger partial charge in [0, 0.05) is 6.61 Å². The summed E-state index contributed by atoms with van der Waals surface area (Å²) in [6, 6.07) is 11.3. The molecule has 2 rings (SSSR count). The van der Waals surface area contributed by atoms with Crippen LogP contribution in [0.1, 0.15) is 30.7 Å². The molecule has 0 N–H and O–H groups in total. The Kier molecular flexibility index (Phi) is 3.89. The Morgan fingerprint density at radius 3 is 2.71 bits per heavy atom. The summed E-state index contributed by atoms with van der Waals surface area (Å²) >= 11 is 0. The lowest BCUT2D eigenvalue weighted by Crippen LogP contribution is -2.31. The van der Waals surface area contributed by atoms with E-state index < -0.39 is 12.0 Å². The highest BCUT2D eigenvalue weighted by Gasteiger charge is 2.29. The van der Waals surface area contributed by atoms with Crippen molar-refractivity contribution in [2.24, 2.45) is 0 Å². The summed E-state index contributed by atoms with van der Waals surface area (Å²) in [6.45, 7) is 0.628. The molecule has 0 amide bonds. The van der Waals surface area contributed by atoms with Crippen molar-refractivity contribution < 1.29 is 9.53 Å². The first kappa shape index (κ1) is 11.8. The fraction of sp³-hybridized carbons (Fsp3) is 0.429. The van der Waals surface area contributed by atoms with Gasteiger partial charge >= 0.3 is 0 Å². The zero-order chi connectivity index (χ0) is 12.1. The van der Waals surface area contributed by atoms with Crippen molar-refractivity contribution in [1.82, 2.24) is 0 Å². The molecule has 2 atom stereocenters. The van der Waals surface area contributed by atoms with E-state index in [2.05, 4.69) is 6.07 Å². The Morgan fingerprint density at radius 2 is 2.12 bits per heavy atom. The van der Waals surface area contributed by atoms with Gasteiger partial charge < -0.3 is 4.74 Å². The molecule has 1 aliphatic heterocycles. The summed E-state index contributed by atoms with van der Waals surface area (Å²) in [7, 11) is 0. The number of nitrogens with zero attached hydrogens (tertiary/aromatic N) is 1. The van der Waals surface area contributed by atoms with E-state index in [0.29, 0.717) is 6.61 Å². The lowest BCUT2D eigenvalue weighted by atomic mass is 9.90. The van der Waals surface area contributed by atoms with Gasteiger partial charge in [0.2, 0.25) is 0 Å². The van der Waals surface area contributed by atoms with E-state index in [1.54, 1.807) is 0 Å². The molecule has 2 unspecified atom stereocenters. The van der Waals surface area contributed by atoms with Crippen LogP contribution in [-0.4, -0.2) is 18.5 Å². The van der Waals surface area contributed by atoms with Crippen molar-refractivity contribution in [3.63, 3.8) is 0 Å². The van der Waals surface area contributed by atoms with Crippen molar-refractivity contribution in [3.05, 3.63) is 35.9 Å². The fourth-order valence-corrected chi connectivity index (χ4v) is 2.10. The minimum atomic E-state index is -0.695. The molecular formula is C14H15NO2. The third kappa shape index (κ3) is 2.72. The first-order chi connectivity index (χ1) is 8.33. The lowest BCUT2D eigenvalue weighted by molar-refractivity contribution is -0.133. The van der Waals surface area contributed by atoms with Gasteiger partial charge in [0.05, 0.1) is 6.07 Å². The van der Waals surface area contributed by atoms with E-state index in [1.165, 1.54) is 0 Å². The molecular weight excluding hydrogens is 214 g/mol. The molecule has 1 fully saturated rings. The van der Waals surface area contributed by atoms with E-state index in [4.69, 9.17) is 10.00 Å². The summed E-state index contributed by atoms with van der Waals surface area (Å²) in [5.74, 6) is -0.794. The summed E-state index contributed by atoms with van der Waals surface area (Å²) < 4.78 is 5.44. The predicted molar refractivity (Wildman–Crippen MR) is 63.4 cm³/mol. The van der Waals surface area contributed by atoms with Crippen LogP contribution in [0.15, 0.2) is 30.3 Å². The third-order valence-corrected chi connectivity index (χ3v) is 3.04. The predicted octanol–water partition coefficient (Wildman–Crippen LogP) is 2.43. The van der Waals surface area contributed by atoms with Crippen molar-refractivity contribution in [2.75, 3.05) is 6.61 Å². The number of hydrogen-bond donors (Lipinski definition) is 0. The average molecular weight is 229 g/mol. The van der Waals surface area contributed by atoms with Gasteiger partial charge in [0.25, 0.3) is 0 Å². The van der Waals surface area contributed by atoms with Gasteiger partial charge in [-0.25, -0.2) is 0 Å². The Morgan fingerprint density at radius 1 is 1.35 bits per heavy atom. The first-order valence-electron chi connectivity index (χ1n) is 5.93. The minimum Gasteiger partial charge on any atom is -0.370 e. The smallest absolute Gasteiger partial charge is 0.183 e. The molecule has 3 nitrogen and oxygen atoms in total. The van der Waals surface area contributed by atoms with E-state index >= 15 is 0 Å². The van der Waals surface area contributed by atoms with Crippen LogP contribution in [0.25, 0.3) is 0 Å². The molecule has 1 aromatic rings. The lowest BCUT2D eigenvalue weighted by Gasteiger charge is -2.23. The van der Waals surface area contributed by atoms with Crippen LogP contribution in [0.5, 0.6) is 0 Å². The highest BCUT2D eigenvalue weighted by Crippen LogP contribution is 2.23. The number of hydrogen-bond acceptors (Lipinski definition) is 3. The molecule has 0 saturated carbocycles. The second kappa shape index (κ2) is 5.60. The maximum absolute atomic E-state index is 12.2. The van der Waals surface area contributed by atoms with Crippen molar-refractivity contribution >= 4 is 5.78 Å². The molecule has 17 heavy (non-hydrogen) atoms. The van der Waals surface area contributed by atoms with Crippen LogP contribution in [0.3, 0.4) is 0 Å². The van der Waals surface area contributed by atoms with Gasteiger partial charge in [-0.2, -0.15) is 5.26 Å². The molecule has 0 bridgehead atoms.